The molecule has 8 heteroatoms. The molecule has 2 unspecified atom stereocenters. The van der Waals surface area contributed by atoms with Crippen LogP contribution in [0.15, 0.2) is 60.8 Å². The van der Waals surface area contributed by atoms with Crippen LogP contribution in [-0.2, 0) is 28.6 Å². The van der Waals surface area contributed by atoms with E-state index in [1.54, 1.807) is 21.1 Å². The molecule has 0 aromatic rings. The third-order valence-corrected chi connectivity index (χ3v) is 7.67. The lowest BCUT2D eigenvalue weighted by molar-refractivity contribution is -0.889. The topological polar surface area (TPSA) is 102 Å². The van der Waals surface area contributed by atoms with Crippen molar-refractivity contribution < 1.29 is 38.2 Å². The Morgan fingerprint density at radius 2 is 1.17 bits per heavy atom. The number of carboxylic acid groups (broad SMARTS) is 1. The van der Waals surface area contributed by atoms with Gasteiger partial charge in [0.15, 0.2) is 6.10 Å². The van der Waals surface area contributed by atoms with Crippen LogP contribution in [0.25, 0.3) is 0 Å². The van der Waals surface area contributed by atoms with Crippen molar-refractivity contribution in [2.75, 3.05) is 41.0 Å². The number of carbonyl (C=O) groups is 3. The molecule has 0 fully saturated rings. The Morgan fingerprint density at radius 3 is 1.71 bits per heavy atom. The van der Waals surface area contributed by atoms with Crippen LogP contribution >= 0.6 is 0 Å². The molecule has 0 rings (SSSR count). The van der Waals surface area contributed by atoms with Crippen LogP contribution in [0.1, 0.15) is 123 Å². The zero-order chi connectivity index (χ0) is 35.7. The van der Waals surface area contributed by atoms with Crippen molar-refractivity contribution >= 4 is 17.9 Å². The number of allylic oxidation sites excluding steroid dienone is 10. The van der Waals surface area contributed by atoms with Gasteiger partial charge in [0.25, 0.3) is 0 Å². The number of carboxylic acids is 1. The lowest BCUT2D eigenvalue weighted by Gasteiger charge is -2.34. The first-order valence-corrected chi connectivity index (χ1v) is 18.3. The molecule has 0 saturated carbocycles. The van der Waals surface area contributed by atoms with Crippen LogP contribution in [0.5, 0.6) is 0 Å². The lowest BCUT2D eigenvalue weighted by atomic mass is 10.1. The Labute approximate surface area is 292 Å². The monoisotopic (exact) mass is 673 g/mol. The molecule has 8 nitrogen and oxygen atoms in total. The molecule has 0 saturated heterocycles. The van der Waals surface area contributed by atoms with E-state index in [1.807, 2.05) is 0 Å². The highest BCUT2D eigenvalue weighted by atomic mass is 16.6. The Hall–Kier alpha value is -2.97. The molecule has 0 spiro atoms. The number of ether oxygens (including phenoxy) is 3. The van der Waals surface area contributed by atoms with Crippen LogP contribution < -0.4 is 5.11 Å². The minimum absolute atomic E-state index is 0.0160. The summed E-state index contributed by atoms with van der Waals surface area (Å²) in [6, 6.07) is -0.734. The number of quaternary nitrogens is 1. The second kappa shape index (κ2) is 31.3. The quantitative estimate of drug-likeness (QED) is 0.0321. The molecule has 274 valence electrons. The van der Waals surface area contributed by atoms with E-state index in [1.165, 1.54) is 25.7 Å². The Kier molecular flexibility index (Phi) is 29.4. The molecule has 0 amide bonds. The maximum Gasteiger partial charge on any atom is 0.306 e. The average Bonchev–Trinajstić information content (AvgIpc) is 3.03. The van der Waals surface area contributed by atoms with E-state index in [2.05, 4.69) is 74.6 Å². The maximum atomic E-state index is 12.6. The number of unbranched alkanes of at least 4 members (excludes halogenated alkanes) is 7. The summed E-state index contributed by atoms with van der Waals surface area (Å²) in [5.41, 5.74) is 0. The second-order valence-electron chi connectivity index (χ2n) is 13.1. The molecule has 0 aromatic carbocycles. The molecule has 48 heavy (non-hydrogen) atoms. The van der Waals surface area contributed by atoms with E-state index in [9.17, 15) is 19.5 Å². The molecule has 0 bridgehead atoms. The van der Waals surface area contributed by atoms with Gasteiger partial charge in [-0.15, -0.1) is 0 Å². The second-order valence-corrected chi connectivity index (χ2v) is 13.1. The number of hydrogen-bond donors (Lipinski definition) is 0. The van der Waals surface area contributed by atoms with Crippen molar-refractivity contribution in [1.29, 1.82) is 0 Å². The minimum atomic E-state index is -1.14. The van der Waals surface area contributed by atoms with E-state index >= 15 is 0 Å². The van der Waals surface area contributed by atoms with E-state index in [0.717, 1.165) is 57.8 Å². The lowest BCUT2D eigenvalue weighted by Crippen LogP contribution is -2.55. The molecule has 0 aliphatic carbocycles. The molecular weight excluding hydrogens is 606 g/mol. The smallest absolute Gasteiger partial charge is 0.306 e. The van der Waals surface area contributed by atoms with E-state index in [4.69, 9.17) is 14.2 Å². The summed E-state index contributed by atoms with van der Waals surface area (Å²) < 4.78 is 16.9. The number of carbonyl (C=O) groups excluding carboxylic acids is 3. The molecule has 2 atom stereocenters. The number of hydrogen-bond acceptors (Lipinski definition) is 7. The van der Waals surface area contributed by atoms with Crippen LogP contribution in [0.2, 0.25) is 0 Å². The fourth-order valence-electron chi connectivity index (χ4n) is 4.81. The van der Waals surface area contributed by atoms with E-state index < -0.39 is 18.1 Å². The normalized spacial score (nSPS) is 13.8. The number of nitrogens with zero attached hydrogens (tertiary/aromatic N) is 1. The summed E-state index contributed by atoms with van der Waals surface area (Å²) in [6.45, 7) is 4.41. The van der Waals surface area contributed by atoms with E-state index in [0.29, 0.717) is 12.8 Å². The molecule has 0 aliphatic heterocycles. The van der Waals surface area contributed by atoms with Crippen LogP contribution in [0, 0.1) is 0 Å². The first-order chi connectivity index (χ1) is 23.1. The molecule has 0 aliphatic rings. The molecule has 0 radical (unpaired) electrons. The predicted octanol–water partition coefficient (Wildman–Crippen LogP) is 7.74. The van der Waals surface area contributed by atoms with Crippen LogP contribution in [0.4, 0.5) is 0 Å². The zero-order valence-corrected chi connectivity index (χ0v) is 30.9. The predicted molar refractivity (Wildman–Crippen MR) is 194 cm³/mol. The van der Waals surface area contributed by atoms with Gasteiger partial charge in [-0.2, -0.15) is 0 Å². The maximum absolute atomic E-state index is 12.6. The Bertz CT molecular complexity index is 975. The largest absolute Gasteiger partial charge is 0.544 e. The van der Waals surface area contributed by atoms with Gasteiger partial charge < -0.3 is 28.6 Å². The summed E-state index contributed by atoms with van der Waals surface area (Å²) in [5.74, 6) is -1.83. The molecule has 0 aromatic heterocycles. The van der Waals surface area contributed by atoms with Gasteiger partial charge in [0.2, 0.25) is 0 Å². The van der Waals surface area contributed by atoms with Crippen molar-refractivity contribution in [3.63, 3.8) is 0 Å². The Balaban J connectivity index is 4.52. The van der Waals surface area contributed by atoms with Crippen molar-refractivity contribution in [1.82, 2.24) is 0 Å². The number of aliphatic carboxylic acids is 1. The number of rotatable bonds is 31. The number of esters is 2. The first-order valence-electron chi connectivity index (χ1n) is 18.3. The van der Waals surface area contributed by atoms with Crippen LogP contribution in [-0.4, -0.2) is 75.5 Å². The summed E-state index contributed by atoms with van der Waals surface area (Å²) in [4.78, 5) is 36.4. The summed E-state index contributed by atoms with van der Waals surface area (Å²) in [7, 11) is 5.36. The average molecular weight is 674 g/mol. The first kappa shape index (κ1) is 45.0. The number of likely N-dealkylation sites (N-methyl/N-ethyl adjacent to an activating group) is 1. The Morgan fingerprint density at radius 1 is 0.646 bits per heavy atom. The van der Waals surface area contributed by atoms with Crippen molar-refractivity contribution in [2.24, 2.45) is 0 Å². The standard InChI is InChI=1S/C40H67NO7/c1-6-8-10-12-14-15-16-17-18-19-20-21-22-23-25-27-29-31-39(43)48-36(34-46-33-32-37(40(44)45)41(3,4)5)35-47-38(42)30-28-26-24-13-11-9-7-2/h8,10,14-15,17-18,20-21,23,25,36-37H,6-7,9,11-13,16,19,22,24,26-35H2,1-5H3/b10-8-,15-14-,18-17-,21-20-,25-23-. The highest BCUT2D eigenvalue weighted by Crippen LogP contribution is 2.11. The van der Waals surface area contributed by atoms with Crippen molar-refractivity contribution in [2.45, 2.75) is 135 Å². The van der Waals surface area contributed by atoms with Gasteiger partial charge in [-0.25, -0.2) is 0 Å². The van der Waals surface area contributed by atoms with Gasteiger partial charge in [0.1, 0.15) is 12.6 Å². The molecule has 0 heterocycles. The fourth-order valence-corrected chi connectivity index (χ4v) is 4.81. The third-order valence-electron chi connectivity index (χ3n) is 7.67. The summed E-state index contributed by atoms with van der Waals surface area (Å²) in [6.07, 6.45) is 35.5. The summed E-state index contributed by atoms with van der Waals surface area (Å²) in [5, 5.41) is 11.5. The SMILES string of the molecule is CC/C=C\C/C=C\C/C=C\C/C=C\C/C=C\CCCC(=O)OC(COCCC(C(=O)[O-])[N+](C)(C)C)COC(=O)CCCCCCCCC. The van der Waals surface area contributed by atoms with Gasteiger partial charge in [-0.3, -0.25) is 9.59 Å². The van der Waals surface area contributed by atoms with Gasteiger partial charge >= 0.3 is 11.9 Å². The highest BCUT2D eigenvalue weighted by Gasteiger charge is 2.25. The zero-order valence-electron chi connectivity index (χ0n) is 30.9. The minimum Gasteiger partial charge on any atom is -0.544 e. The van der Waals surface area contributed by atoms with Crippen molar-refractivity contribution in [3.8, 4) is 0 Å². The molecule has 0 N–H and O–H groups in total. The van der Waals surface area contributed by atoms with Gasteiger partial charge in [0, 0.05) is 19.3 Å². The fraction of sp³-hybridized carbons (Fsp3) is 0.675. The van der Waals surface area contributed by atoms with Crippen LogP contribution in [0.3, 0.4) is 0 Å². The summed E-state index contributed by atoms with van der Waals surface area (Å²) >= 11 is 0. The molecular formula is C40H67NO7. The van der Waals surface area contributed by atoms with E-state index in [-0.39, 0.29) is 49.1 Å². The van der Waals surface area contributed by atoms with Crippen molar-refractivity contribution in [3.05, 3.63) is 60.8 Å². The van der Waals surface area contributed by atoms with Gasteiger partial charge in [-0.05, 0) is 51.4 Å². The van der Waals surface area contributed by atoms with Gasteiger partial charge in [-0.1, -0.05) is 113 Å². The third kappa shape index (κ3) is 29.2. The highest BCUT2D eigenvalue weighted by molar-refractivity contribution is 5.70. The van der Waals surface area contributed by atoms with Gasteiger partial charge in [0.05, 0.1) is 40.3 Å².